The Balaban J connectivity index is 1.70. The summed E-state index contributed by atoms with van der Waals surface area (Å²) in [5.74, 6) is 0.566. The molecule has 3 rings (SSSR count). The van der Waals surface area contributed by atoms with Gasteiger partial charge in [0.15, 0.2) is 0 Å². The van der Waals surface area contributed by atoms with Crippen molar-refractivity contribution in [1.82, 2.24) is 4.90 Å². The molecule has 1 heterocycles. The smallest absolute Gasteiger partial charge is 0.323 e. The number of urea groups is 1. The second-order valence-corrected chi connectivity index (χ2v) is 6.54. The highest BCUT2D eigenvalue weighted by molar-refractivity contribution is 6.30. The normalized spacial score (nSPS) is 13.9. The summed E-state index contributed by atoms with van der Waals surface area (Å²) in [6.45, 7) is 2.83. The lowest BCUT2D eigenvalue weighted by Gasteiger charge is -2.34. The minimum atomic E-state index is -0.376. The fourth-order valence-electron chi connectivity index (χ4n) is 2.89. The van der Waals surface area contributed by atoms with E-state index < -0.39 is 0 Å². The van der Waals surface area contributed by atoms with Crippen LogP contribution in [-0.4, -0.2) is 50.6 Å². The second-order valence-electron chi connectivity index (χ2n) is 6.10. The monoisotopic (exact) mass is 388 g/mol. The fraction of sp³-hybridized carbons (Fsp3) is 0.263. The van der Waals surface area contributed by atoms with Gasteiger partial charge in [0.1, 0.15) is 5.75 Å². The predicted octanol–water partition coefficient (Wildman–Crippen LogP) is 3.27. The van der Waals surface area contributed by atoms with E-state index in [9.17, 15) is 9.59 Å². The van der Waals surface area contributed by atoms with Crippen molar-refractivity contribution < 1.29 is 14.3 Å². The number of halogens is 1. The maximum Gasteiger partial charge on any atom is 0.323 e. The summed E-state index contributed by atoms with van der Waals surface area (Å²) in [5.41, 5.74) is 2.17. The average molecular weight is 389 g/mol. The Morgan fingerprint density at radius 2 is 1.78 bits per heavy atom. The third kappa shape index (κ3) is 4.83. The van der Waals surface area contributed by atoms with E-state index in [1.165, 1.54) is 0 Å². The topological polar surface area (TPSA) is 73.9 Å². The molecule has 2 N–H and O–H groups in total. The standard InChI is InChI=1S/C19H21ClN4O3/c1-27-18-7-6-16(24-10-8-23(13-25)9-11-24)12-17(18)22-19(26)21-15-4-2-14(20)3-5-15/h2-7,12-13H,8-11H2,1H3,(H2,21,22,26). The molecule has 0 saturated carbocycles. The van der Waals surface area contributed by atoms with Crippen LogP contribution in [0.15, 0.2) is 42.5 Å². The van der Waals surface area contributed by atoms with Gasteiger partial charge in [-0.1, -0.05) is 11.6 Å². The molecule has 0 aliphatic carbocycles. The summed E-state index contributed by atoms with van der Waals surface area (Å²) in [6.07, 6.45) is 0.874. The van der Waals surface area contributed by atoms with Gasteiger partial charge < -0.3 is 25.2 Å². The van der Waals surface area contributed by atoms with Crippen molar-refractivity contribution in [3.05, 3.63) is 47.5 Å². The summed E-state index contributed by atoms with van der Waals surface area (Å²) in [5, 5.41) is 6.18. The highest BCUT2D eigenvalue weighted by Crippen LogP contribution is 2.30. The fourth-order valence-corrected chi connectivity index (χ4v) is 3.02. The van der Waals surface area contributed by atoms with Gasteiger partial charge in [-0.15, -0.1) is 0 Å². The van der Waals surface area contributed by atoms with Crippen molar-refractivity contribution in [2.45, 2.75) is 0 Å². The van der Waals surface area contributed by atoms with Crippen LogP contribution >= 0.6 is 11.6 Å². The summed E-state index contributed by atoms with van der Waals surface area (Å²) in [7, 11) is 1.56. The largest absolute Gasteiger partial charge is 0.495 e. The van der Waals surface area contributed by atoms with Crippen LogP contribution < -0.4 is 20.3 Å². The molecule has 1 fully saturated rings. The lowest BCUT2D eigenvalue weighted by atomic mass is 10.2. The SMILES string of the molecule is COc1ccc(N2CCN(C=O)CC2)cc1NC(=O)Nc1ccc(Cl)cc1. The molecule has 3 amide bonds. The molecule has 0 unspecified atom stereocenters. The lowest BCUT2D eigenvalue weighted by molar-refractivity contribution is -0.118. The van der Waals surface area contributed by atoms with Crippen LogP contribution in [0.25, 0.3) is 0 Å². The van der Waals surface area contributed by atoms with Crippen molar-refractivity contribution in [3.63, 3.8) is 0 Å². The van der Waals surface area contributed by atoms with Gasteiger partial charge in [-0.25, -0.2) is 4.79 Å². The third-order valence-electron chi connectivity index (χ3n) is 4.36. The number of amides is 3. The van der Waals surface area contributed by atoms with Gasteiger partial charge in [-0.2, -0.15) is 0 Å². The van der Waals surface area contributed by atoms with Crippen molar-refractivity contribution in [3.8, 4) is 5.75 Å². The van der Waals surface area contributed by atoms with Crippen LogP contribution in [0.1, 0.15) is 0 Å². The molecule has 0 radical (unpaired) electrons. The van der Waals surface area contributed by atoms with Gasteiger partial charge in [0.05, 0.1) is 12.8 Å². The molecule has 1 aliphatic heterocycles. The summed E-state index contributed by atoms with van der Waals surface area (Å²) in [6, 6.07) is 12.1. The number of carbonyl (C=O) groups excluding carboxylic acids is 2. The van der Waals surface area contributed by atoms with Crippen LogP contribution in [0, 0.1) is 0 Å². The van der Waals surface area contributed by atoms with E-state index in [0.29, 0.717) is 35.2 Å². The molecule has 2 aromatic carbocycles. The number of piperazine rings is 1. The quantitative estimate of drug-likeness (QED) is 0.771. The van der Waals surface area contributed by atoms with Crippen molar-refractivity contribution >= 4 is 41.1 Å². The number of hydrogen-bond acceptors (Lipinski definition) is 4. The van der Waals surface area contributed by atoms with Crippen molar-refractivity contribution in [1.29, 1.82) is 0 Å². The molecule has 1 aliphatic rings. The highest BCUT2D eigenvalue weighted by atomic mass is 35.5. The molecular weight excluding hydrogens is 368 g/mol. The molecule has 2 aromatic rings. The van der Waals surface area contributed by atoms with E-state index in [-0.39, 0.29) is 6.03 Å². The van der Waals surface area contributed by atoms with Crippen LogP contribution in [0.3, 0.4) is 0 Å². The van der Waals surface area contributed by atoms with Crippen LogP contribution in [0.2, 0.25) is 5.02 Å². The Morgan fingerprint density at radius 3 is 2.41 bits per heavy atom. The number of methoxy groups -OCH3 is 1. The van der Waals surface area contributed by atoms with E-state index in [4.69, 9.17) is 16.3 Å². The first-order valence-electron chi connectivity index (χ1n) is 8.55. The molecule has 27 heavy (non-hydrogen) atoms. The minimum absolute atomic E-state index is 0.376. The first kappa shape index (κ1) is 18.8. The highest BCUT2D eigenvalue weighted by Gasteiger charge is 2.17. The second kappa shape index (κ2) is 8.64. The van der Waals surface area contributed by atoms with Gasteiger partial charge in [0.25, 0.3) is 0 Å². The molecule has 142 valence electrons. The van der Waals surface area contributed by atoms with Gasteiger partial charge in [0, 0.05) is 42.6 Å². The summed E-state index contributed by atoms with van der Waals surface area (Å²) in [4.78, 5) is 27.1. The Bertz CT molecular complexity index is 805. The van der Waals surface area contributed by atoms with E-state index in [0.717, 1.165) is 25.2 Å². The number of nitrogens with zero attached hydrogens (tertiary/aromatic N) is 2. The van der Waals surface area contributed by atoms with Gasteiger partial charge >= 0.3 is 6.03 Å². The summed E-state index contributed by atoms with van der Waals surface area (Å²) < 4.78 is 5.36. The maximum atomic E-state index is 12.3. The van der Waals surface area contributed by atoms with E-state index in [2.05, 4.69) is 15.5 Å². The number of ether oxygens (including phenoxy) is 1. The summed E-state index contributed by atoms with van der Waals surface area (Å²) >= 11 is 5.86. The number of benzene rings is 2. The number of carbonyl (C=O) groups is 2. The van der Waals surface area contributed by atoms with Crippen LogP contribution in [0.5, 0.6) is 5.75 Å². The van der Waals surface area contributed by atoms with E-state index >= 15 is 0 Å². The first-order chi connectivity index (χ1) is 13.1. The van der Waals surface area contributed by atoms with Crippen molar-refractivity contribution in [2.75, 3.05) is 48.8 Å². The third-order valence-corrected chi connectivity index (χ3v) is 4.61. The molecular formula is C19H21ClN4O3. The van der Waals surface area contributed by atoms with Crippen LogP contribution in [0.4, 0.5) is 21.9 Å². The molecule has 7 nitrogen and oxygen atoms in total. The number of hydrogen-bond donors (Lipinski definition) is 2. The Kier molecular flexibility index (Phi) is 6.03. The van der Waals surface area contributed by atoms with Gasteiger partial charge in [-0.3, -0.25) is 4.79 Å². The Labute approximate surface area is 162 Å². The minimum Gasteiger partial charge on any atom is -0.495 e. The van der Waals surface area contributed by atoms with E-state index in [1.54, 1.807) is 36.3 Å². The molecule has 0 atom stereocenters. The lowest BCUT2D eigenvalue weighted by Crippen LogP contribution is -2.45. The molecule has 8 heteroatoms. The van der Waals surface area contributed by atoms with E-state index in [1.807, 2.05) is 18.2 Å². The predicted molar refractivity (Wildman–Crippen MR) is 107 cm³/mol. The molecule has 0 aromatic heterocycles. The van der Waals surface area contributed by atoms with Crippen molar-refractivity contribution in [2.24, 2.45) is 0 Å². The first-order valence-corrected chi connectivity index (χ1v) is 8.93. The maximum absolute atomic E-state index is 12.3. The zero-order chi connectivity index (χ0) is 19.2. The zero-order valence-corrected chi connectivity index (χ0v) is 15.7. The Morgan fingerprint density at radius 1 is 1.07 bits per heavy atom. The van der Waals surface area contributed by atoms with Gasteiger partial charge in [-0.05, 0) is 42.5 Å². The zero-order valence-electron chi connectivity index (χ0n) is 14.9. The molecule has 1 saturated heterocycles. The Hall–Kier alpha value is -2.93. The average Bonchev–Trinajstić information content (AvgIpc) is 2.70. The van der Waals surface area contributed by atoms with Crippen LogP contribution in [-0.2, 0) is 4.79 Å². The molecule has 0 spiro atoms. The molecule has 0 bridgehead atoms. The number of rotatable bonds is 5. The number of nitrogens with one attached hydrogen (secondary N) is 2. The number of anilines is 3. The van der Waals surface area contributed by atoms with Gasteiger partial charge in [0.2, 0.25) is 6.41 Å².